The van der Waals surface area contributed by atoms with Gasteiger partial charge in [0.1, 0.15) is 11.6 Å². The van der Waals surface area contributed by atoms with Gasteiger partial charge in [0.2, 0.25) is 0 Å². The van der Waals surface area contributed by atoms with Crippen LogP contribution in [0.5, 0.6) is 0 Å². The molecular formula is C13H10F2N. The number of hydrogen-bond donors (Lipinski definition) is 1. The fourth-order valence-corrected chi connectivity index (χ4v) is 1.51. The van der Waals surface area contributed by atoms with Crippen molar-refractivity contribution in [2.24, 2.45) is 5.73 Å². The van der Waals surface area contributed by atoms with Crippen molar-refractivity contribution in [2.75, 3.05) is 0 Å². The Morgan fingerprint density at radius 1 is 1.12 bits per heavy atom. The Labute approximate surface area is 92.5 Å². The lowest BCUT2D eigenvalue weighted by Gasteiger charge is -2.05. The quantitative estimate of drug-likeness (QED) is 0.824. The Bertz CT molecular complexity index is 509. The fourth-order valence-electron chi connectivity index (χ4n) is 1.51. The van der Waals surface area contributed by atoms with Crippen molar-refractivity contribution < 1.29 is 8.78 Å². The molecule has 2 rings (SSSR count). The van der Waals surface area contributed by atoms with E-state index in [4.69, 9.17) is 5.73 Å². The Balaban J connectivity index is 2.50. The first-order valence-corrected chi connectivity index (χ1v) is 4.87. The summed E-state index contributed by atoms with van der Waals surface area (Å²) >= 11 is 0. The molecule has 1 nitrogen and oxygen atoms in total. The molecule has 2 N–H and O–H groups in total. The molecule has 0 saturated carbocycles. The van der Waals surface area contributed by atoms with E-state index in [1.165, 1.54) is 24.3 Å². The maximum Gasteiger partial charge on any atom is 0.131 e. The fraction of sp³-hybridized carbons (Fsp3) is 0.0769. The van der Waals surface area contributed by atoms with Gasteiger partial charge in [-0.3, -0.25) is 0 Å². The summed E-state index contributed by atoms with van der Waals surface area (Å²) in [4.78, 5) is 0. The second-order valence-corrected chi connectivity index (χ2v) is 3.42. The summed E-state index contributed by atoms with van der Waals surface area (Å²) < 4.78 is 26.9. The van der Waals surface area contributed by atoms with E-state index in [9.17, 15) is 8.78 Å². The van der Waals surface area contributed by atoms with Crippen LogP contribution in [0.2, 0.25) is 0 Å². The third-order valence-electron chi connectivity index (χ3n) is 2.39. The van der Waals surface area contributed by atoms with E-state index in [0.717, 1.165) is 0 Å². The van der Waals surface area contributed by atoms with Crippen molar-refractivity contribution in [3.05, 3.63) is 59.7 Å². The van der Waals surface area contributed by atoms with E-state index < -0.39 is 11.6 Å². The lowest BCUT2D eigenvalue weighted by atomic mass is 10.0. The molecule has 0 unspecified atom stereocenters. The van der Waals surface area contributed by atoms with Crippen molar-refractivity contribution in [3.63, 3.8) is 0 Å². The first-order chi connectivity index (χ1) is 7.72. The van der Waals surface area contributed by atoms with Crippen LogP contribution in [0.1, 0.15) is 5.56 Å². The number of hydrogen-bond acceptors (Lipinski definition) is 1. The topological polar surface area (TPSA) is 26.0 Å². The SMILES string of the molecule is NCc1ccc(-c2c[c]ccc2F)cc1F. The van der Waals surface area contributed by atoms with Gasteiger partial charge in [0.25, 0.3) is 0 Å². The number of halogens is 2. The molecule has 3 heteroatoms. The maximum absolute atomic E-state index is 13.5. The summed E-state index contributed by atoms with van der Waals surface area (Å²) in [5.41, 5.74) is 6.60. The van der Waals surface area contributed by atoms with Gasteiger partial charge >= 0.3 is 0 Å². The molecule has 81 valence electrons. The molecule has 0 amide bonds. The first-order valence-electron chi connectivity index (χ1n) is 4.87. The molecule has 1 radical (unpaired) electrons. The zero-order valence-electron chi connectivity index (χ0n) is 8.50. The van der Waals surface area contributed by atoms with E-state index in [0.29, 0.717) is 16.7 Å². The molecule has 0 spiro atoms. The van der Waals surface area contributed by atoms with Crippen LogP contribution in [0.3, 0.4) is 0 Å². The van der Waals surface area contributed by atoms with Crippen LogP contribution in [0.25, 0.3) is 11.1 Å². The van der Waals surface area contributed by atoms with Crippen molar-refractivity contribution in [2.45, 2.75) is 6.54 Å². The monoisotopic (exact) mass is 218 g/mol. The second-order valence-electron chi connectivity index (χ2n) is 3.42. The predicted octanol–water partition coefficient (Wildman–Crippen LogP) is 2.89. The normalized spacial score (nSPS) is 10.4. The number of benzene rings is 2. The van der Waals surface area contributed by atoms with Crippen molar-refractivity contribution >= 4 is 0 Å². The minimum Gasteiger partial charge on any atom is -0.326 e. The second kappa shape index (κ2) is 4.41. The summed E-state index contributed by atoms with van der Waals surface area (Å²) in [5.74, 6) is -0.804. The average Bonchev–Trinajstić information content (AvgIpc) is 2.29. The minimum absolute atomic E-state index is 0.134. The molecule has 0 fully saturated rings. The van der Waals surface area contributed by atoms with Gasteiger partial charge < -0.3 is 5.73 Å². The standard InChI is InChI=1S/C13H10F2N/c14-12-4-2-1-3-11(12)9-5-6-10(8-16)13(15)7-9/h2-7H,8,16H2. The van der Waals surface area contributed by atoms with Gasteiger partial charge in [0.05, 0.1) is 0 Å². The predicted molar refractivity (Wildman–Crippen MR) is 58.5 cm³/mol. The molecule has 0 saturated heterocycles. The number of rotatable bonds is 2. The molecule has 0 heterocycles. The Kier molecular flexibility index (Phi) is 2.97. The third-order valence-corrected chi connectivity index (χ3v) is 2.39. The number of nitrogens with two attached hydrogens (primary N) is 1. The highest BCUT2D eigenvalue weighted by atomic mass is 19.1. The Morgan fingerprint density at radius 2 is 1.94 bits per heavy atom. The lowest BCUT2D eigenvalue weighted by Crippen LogP contribution is -1.99. The van der Waals surface area contributed by atoms with Gasteiger partial charge in [-0.05, 0) is 29.8 Å². The smallest absolute Gasteiger partial charge is 0.131 e. The summed E-state index contributed by atoms with van der Waals surface area (Å²) in [5, 5.41) is 0. The van der Waals surface area contributed by atoms with Crippen LogP contribution in [-0.4, -0.2) is 0 Å². The van der Waals surface area contributed by atoms with Crippen molar-refractivity contribution in [3.8, 4) is 11.1 Å². The van der Waals surface area contributed by atoms with Crippen molar-refractivity contribution in [1.82, 2.24) is 0 Å². The van der Waals surface area contributed by atoms with Gasteiger partial charge in [-0.25, -0.2) is 8.78 Å². The molecule has 2 aromatic carbocycles. The summed E-state index contributed by atoms with van der Waals surface area (Å²) in [6, 6.07) is 11.5. The Morgan fingerprint density at radius 3 is 2.56 bits per heavy atom. The molecule has 0 bridgehead atoms. The van der Waals surface area contributed by atoms with E-state index >= 15 is 0 Å². The third kappa shape index (κ3) is 1.95. The van der Waals surface area contributed by atoms with Crippen molar-refractivity contribution in [1.29, 1.82) is 0 Å². The van der Waals surface area contributed by atoms with E-state index in [1.807, 2.05) is 0 Å². The van der Waals surface area contributed by atoms with Gasteiger partial charge in [0.15, 0.2) is 0 Å². The Hall–Kier alpha value is -1.74. The maximum atomic E-state index is 13.5. The zero-order chi connectivity index (χ0) is 11.5. The van der Waals surface area contributed by atoms with Crippen LogP contribution in [0.4, 0.5) is 8.78 Å². The average molecular weight is 218 g/mol. The zero-order valence-corrected chi connectivity index (χ0v) is 8.50. The molecule has 16 heavy (non-hydrogen) atoms. The summed E-state index contributed by atoms with van der Waals surface area (Å²) in [7, 11) is 0. The van der Waals surface area contributed by atoms with Gasteiger partial charge in [-0.1, -0.05) is 18.2 Å². The highest BCUT2D eigenvalue weighted by Crippen LogP contribution is 2.24. The van der Waals surface area contributed by atoms with Crippen LogP contribution in [0.15, 0.2) is 36.4 Å². The van der Waals surface area contributed by atoms with Crippen LogP contribution < -0.4 is 5.73 Å². The molecule has 0 atom stereocenters. The van der Waals surface area contributed by atoms with Crippen LogP contribution in [-0.2, 0) is 6.54 Å². The van der Waals surface area contributed by atoms with Gasteiger partial charge in [-0.15, -0.1) is 0 Å². The summed E-state index contributed by atoms with van der Waals surface area (Å²) in [6.45, 7) is 0.134. The molecular weight excluding hydrogens is 208 g/mol. The first kappa shape index (κ1) is 10.8. The molecule has 0 aliphatic carbocycles. The molecule has 0 aliphatic rings. The van der Waals surface area contributed by atoms with E-state index in [1.54, 1.807) is 12.1 Å². The lowest BCUT2D eigenvalue weighted by molar-refractivity contribution is 0.610. The minimum atomic E-state index is -0.414. The molecule has 0 aliphatic heterocycles. The highest BCUT2D eigenvalue weighted by Gasteiger charge is 2.07. The van der Waals surface area contributed by atoms with Gasteiger partial charge in [0, 0.05) is 17.7 Å². The highest BCUT2D eigenvalue weighted by molar-refractivity contribution is 5.64. The van der Waals surface area contributed by atoms with E-state index in [2.05, 4.69) is 6.07 Å². The molecule has 2 aromatic rings. The van der Waals surface area contributed by atoms with Crippen LogP contribution >= 0.6 is 0 Å². The van der Waals surface area contributed by atoms with Gasteiger partial charge in [-0.2, -0.15) is 0 Å². The van der Waals surface area contributed by atoms with Crippen LogP contribution in [0, 0.1) is 17.7 Å². The molecule has 0 aromatic heterocycles. The largest absolute Gasteiger partial charge is 0.326 e. The van der Waals surface area contributed by atoms with E-state index in [-0.39, 0.29) is 6.54 Å². The summed E-state index contributed by atoms with van der Waals surface area (Å²) in [6.07, 6.45) is 0.